The second kappa shape index (κ2) is 8.82. The maximum atomic E-state index is 12.8. The van der Waals surface area contributed by atoms with Crippen LogP contribution in [-0.4, -0.2) is 27.5 Å². The van der Waals surface area contributed by atoms with Crippen molar-refractivity contribution in [3.63, 3.8) is 0 Å². The smallest absolute Gasteiger partial charge is 0.324 e. The van der Waals surface area contributed by atoms with Crippen LogP contribution in [0.4, 0.5) is 0 Å². The van der Waals surface area contributed by atoms with E-state index in [4.69, 9.17) is 4.74 Å². The van der Waals surface area contributed by atoms with E-state index in [1.54, 1.807) is 12.1 Å². The lowest BCUT2D eigenvalue weighted by Crippen LogP contribution is -2.42. The third kappa shape index (κ3) is 4.85. The third-order valence-corrected chi connectivity index (χ3v) is 5.83. The molecule has 0 aliphatic rings. The van der Waals surface area contributed by atoms with Crippen molar-refractivity contribution in [3.8, 4) is 11.1 Å². The lowest BCUT2D eigenvalue weighted by Gasteiger charge is -2.17. The average Bonchev–Trinajstić information content (AvgIpc) is 2.74. The van der Waals surface area contributed by atoms with Gasteiger partial charge in [-0.1, -0.05) is 72.8 Å². The van der Waals surface area contributed by atoms with Crippen molar-refractivity contribution in [1.29, 1.82) is 0 Å². The Labute approximate surface area is 165 Å². The molecule has 144 valence electrons. The summed E-state index contributed by atoms with van der Waals surface area (Å²) in [7, 11) is -2.65. The van der Waals surface area contributed by atoms with Gasteiger partial charge in [0.05, 0.1) is 12.0 Å². The molecule has 28 heavy (non-hydrogen) atoms. The molecule has 0 saturated carbocycles. The van der Waals surface area contributed by atoms with Crippen LogP contribution in [0.5, 0.6) is 0 Å². The van der Waals surface area contributed by atoms with Crippen molar-refractivity contribution in [1.82, 2.24) is 4.72 Å². The number of hydrogen-bond acceptors (Lipinski definition) is 4. The molecule has 0 radical (unpaired) electrons. The SMILES string of the molecule is COC(=O)[C@@H](Cc1ccccc1)NS(=O)(=O)c1ccc(-c2ccccc2)cc1. The van der Waals surface area contributed by atoms with E-state index in [9.17, 15) is 13.2 Å². The van der Waals surface area contributed by atoms with E-state index in [1.807, 2.05) is 60.7 Å². The number of hydrogen-bond donors (Lipinski definition) is 1. The van der Waals surface area contributed by atoms with E-state index >= 15 is 0 Å². The summed E-state index contributed by atoms with van der Waals surface area (Å²) in [4.78, 5) is 12.2. The third-order valence-electron chi connectivity index (χ3n) is 4.34. The first-order chi connectivity index (χ1) is 13.5. The van der Waals surface area contributed by atoms with Gasteiger partial charge >= 0.3 is 5.97 Å². The van der Waals surface area contributed by atoms with Crippen molar-refractivity contribution in [2.45, 2.75) is 17.4 Å². The van der Waals surface area contributed by atoms with Gasteiger partial charge in [0.25, 0.3) is 0 Å². The molecule has 3 rings (SSSR count). The van der Waals surface area contributed by atoms with Gasteiger partial charge in [0.2, 0.25) is 10.0 Å². The van der Waals surface area contributed by atoms with Crippen molar-refractivity contribution in [2.24, 2.45) is 0 Å². The second-order valence-corrected chi connectivity index (χ2v) is 7.99. The molecule has 3 aromatic carbocycles. The molecule has 3 aromatic rings. The van der Waals surface area contributed by atoms with Crippen LogP contribution < -0.4 is 4.72 Å². The van der Waals surface area contributed by atoms with Gasteiger partial charge < -0.3 is 4.74 Å². The fourth-order valence-corrected chi connectivity index (χ4v) is 4.06. The fraction of sp³-hybridized carbons (Fsp3) is 0.136. The van der Waals surface area contributed by atoms with Gasteiger partial charge in [0.15, 0.2) is 0 Å². The minimum atomic E-state index is -3.88. The maximum absolute atomic E-state index is 12.8. The minimum Gasteiger partial charge on any atom is -0.468 e. The molecular formula is C22H21NO4S. The summed E-state index contributed by atoms with van der Waals surface area (Å²) < 4.78 is 32.8. The van der Waals surface area contributed by atoms with Crippen LogP contribution in [0.3, 0.4) is 0 Å². The Morgan fingerprint density at radius 3 is 1.96 bits per heavy atom. The molecule has 0 fully saturated rings. The highest BCUT2D eigenvalue weighted by Crippen LogP contribution is 2.21. The van der Waals surface area contributed by atoms with Gasteiger partial charge in [0, 0.05) is 0 Å². The quantitative estimate of drug-likeness (QED) is 0.622. The highest BCUT2D eigenvalue weighted by Gasteiger charge is 2.26. The van der Waals surface area contributed by atoms with Crippen molar-refractivity contribution < 1.29 is 17.9 Å². The van der Waals surface area contributed by atoms with Crippen LogP contribution in [0.15, 0.2) is 89.8 Å². The summed E-state index contributed by atoms with van der Waals surface area (Å²) in [6.45, 7) is 0. The van der Waals surface area contributed by atoms with E-state index in [0.29, 0.717) is 0 Å². The Hall–Kier alpha value is -2.96. The topological polar surface area (TPSA) is 72.5 Å². The zero-order valence-electron chi connectivity index (χ0n) is 15.4. The summed E-state index contributed by atoms with van der Waals surface area (Å²) in [6.07, 6.45) is 0.203. The first-order valence-electron chi connectivity index (χ1n) is 8.79. The number of benzene rings is 3. The molecule has 1 N–H and O–H groups in total. The standard InChI is InChI=1S/C22H21NO4S/c1-27-22(24)21(16-17-8-4-2-5-9-17)23-28(25,26)20-14-12-19(13-15-20)18-10-6-3-7-11-18/h2-15,21,23H,16H2,1H3/t21-/m1/s1. The molecule has 0 heterocycles. The van der Waals surface area contributed by atoms with Gasteiger partial charge in [-0.3, -0.25) is 4.79 Å². The molecule has 0 aliphatic carbocycles. The number of sulfonamides is 1. The van der Waals surface area contributed by atoms with Gasteiger partial charge in [-0.15, -0.1) is 0 Å². The molecule has 6 heteroatoms. The Morgan fingerprint density at radius 2 is 1.39 bits per heavy atom. The van der Waals surface area contributed by atoms with E-state index < -0.39 is 22.0 Å². The maximum Gasteiger partial charge on any atom is 0.324 e. The van der Waals surface area contributed by atoms with E-state index in [2.05, 4.69) is 4.72 Å². The molecule has 0 unspecified atom stereocenters. The first-order valence-corrected chi connectivity index (χ1v) is 10.3. The fourth-order valence-electron chi connectivity index (χ4n) is 2.88. The summed E-state index contributed by atoms with van der Waals surface area (Å²) >= 11 is 0. The van der Waals surface area contributed by atoms with Crippen LogP contribution in [0, 0.1) is 0 Å². The summed E-state index contributed by atoms with van der Waals surface area (Å²) in [5.41, 5.74) is 2.74. The van der Waals surface area contributed by atoms with Gasteiger partial charge in [-0.25, -0.2) is 8.42 Å². The van der Waals surface area contributed by atoms with E-state index in [0.717, 1.165) is 16.7 Å². The highest BCUT2D eigenvalue weighted by atomic mass is 32.2. The highest BCUT2D eigenvalue weighted by molar-refractivity contribution is 7.89. The predicted octanol–water partition coefficient (Wildman–Crippen LogP) is 3.42. The van der Waals surface area contributed by atoms with Crippen LogP contribution >= 0.6 is 0 Å². The molecule has 1 atom stereocenters. The Balaban J connectivity index is 1.81. The number of rotatable bonds is 7. The molecule has 5 nitrogen and oxygen atoms in total. The van der Waals surface area contributed by atoms with Gasteiger partial charge in [0.1, 0.15) is 6.04 Å². The molecule has 0 bridgehead atoms. The lowest BCUT2D eigenvalue weighted by atomic mass is 10.1. The minimum absolute atomic E-state index is 0.0918. The van der Waals surface area contributed by atoms with Crippen LogP contribution in [0.2, 0.25) is 0 Å². The van der Waals surface area contributed by atoms with Crippen molar-refractivity contribution >= 4 is 16.0 Å². The largest absolute Gasteiger partial charge is 0.468 e. The van der Waals surface area contributed by atoms with Gasteiger partial charge in [-0.05, 0) is 35.2 Å². The van der Waals surface area contributed by atoms with Crippen LogP contribution in [-0.2, 0) is 26.0 Å². The van der Waals surface area contributed by atoms with E-state index in [-0.39, 0.29) is 11.3 Å². The summed E-state index contributed by atoms with van der Waals surface area (Å²) in [5, 5.41) is 0. The van der Waals surface area contributed by atoms with Crippen molar-refractivity contribution in [3.05, 3.63) is 90.5 Å². The molecule has 0 amide bonds. The molecular weight excluding hydrogens is 374 g/mol. The number of carbonyl (C=O) groups is 1. The Morgan fingerprint density at radius 1 is 0.857 bits per heavy atom. The Kier molecular flexibility index (Phi) is 6.23. The normalized spacial score (nSPS) is 12.3. The zero-order chi connectivity index (χ0) is 20.0. The number of carbonyl (C=O) groups excluding carboxylic acids is 1. The van der Waals surface area contributed by atoms with Crippen molar-refractivity contribution in [2.75, 3.05) is 7.11 Å². The second-order valence-electron chi connectivity index (χ2n) is 6.28. The van der Waals surface area contributed by atoms with E-state index in [1.165, 1.54) is 19.2 Å². The summed E-state index contributed by atoms with van der Waals surface area (Å²) in [5.74, 6) is -0.631. The molecule has 0 aliphatic heterocycles. The first kappa shape index (κ1) is 19.8. The van der Waals surface area contributed by atoms with Crippen LogP contribution in [0.25, 0.3) is 11.1 Å². The molecule has 0 spiro atoms. The monoisotopic (exact) mass is 395 g/mol. The lowest BCUT2D eigenvalue weighted by molar-refractivity contribution is -0.142. The average molecular weight is 395 g/mol. The number of nitrogens with one attached hydrogen (secondary N) is 1. The zero-order valence-corrected chi connectivity index (χ0v) is 16.2. The van der Waals surface area contributed by atoms with Gasteiger partial charge in [-0.2, -0.15) is 4.72 Å². The number of methoxy groups -OCH3 is 1. The Bertz CT molecular complexity index is 1020. The predicted molar refractivity (Wildman–Crippen MR) is 108 cm³/mol. The number of ether oxygens (including phenoxy) is 1. The number of esters is 1. The molecule has 0 aromatic heterocycles. The van der Waals surface area contributed by atoms with Crippen LogP contribution in [0.1, 0.15) is 5.56 Å². The summed E-state index contributed by atoms with van der Waals surface area (Å²) in [6, 6.07) is 24.4. The molecule has 0 saturated heterocycles.